The van der Waals surface area contributed by atoms with Gasteiger partial charge in [0.25, 0.3) is 0 Å². The smallest absolute Gasteiger partial charge is 0.310 e. The van der Waals surface area contributed by atoms with E-state index in [2.05, 4.69) is 10.8 Å². The molecule has 1 rings (SSSR count). The van der Waals surface area contributed by atoms with Gasteiger partial charge in [-0.2, -0.15) is 0 Å². The second kappa shape index (κ2) is 5.66. The highest BCUT2D eigenvalue weighted by Crippen LogP contribution is 2.17. The molecule has 0 aromatic rings. The summed E-state index contributed by atoms with van der Waals surface area (Å²) in [6.45, 7) is 4.68. The van der Waals surface area contributed by atoms with E-state index in [0.717, 1.165) is 25.9 Å². The van der Waals surface area contributed by atoms with Gasteiger partial charge >= 0.3 is 5.97 Å². The van der Waals surface area contributed by atoms with Crippen LogP contribution in [0.15, 0.2) is 0 Å². The van der Waals surface area contributed by atoms with Crippen LogP contribution in [0.1, 0.15) is 19.8 Å². The third-order valence-electron chi connectivity index (χ3n) is 2.44. The zero-order valence-corrected chi connectivity index (χ0v) is 8.66. The summed E-state index contributed by atoms with van der Waals surface area (Å²) in [6, 6.07) is 0. The Kier molecular flexibility index (Phi) is 4.48. The first-order chi connectivity index (χ1) is 6.77. The van der Waals surface area contributed by atoms with Crippen LogP contribution >= 0.6 is 0 Å². The molecule has 0 N–H and O–H groups in total. The lowest BCUT2D eigenvalue weighted by molar-refractivity contribution is -0.149. The molecule has 3 nitrogen and oxygen atoms in total. The Morgan fingerprint density at radius 1 is 1.71 bits per heavy atom. The molecule has 14 heavy (non-hydrogen) atoms. The van der Waals surface area contributed by atoms with Gasteiger partial charge in [-0.1, -0.05) is 5.92 Å². The quantitative estimate of drug-likeness (QED) is 0.495. The molecule has 1 saturated heterocycles. The minimum absolute atomic E-state index is 0.0250. The van der Waals surface area contributed by atoms with Gasteiger partial charge in [0.05, 0.1) is 19.1 Å². The molecule has 78 valence electrons. The maximum Gasteiger partial charge on any atom is 0.310 e. The number of hydrogen-bond donors (Lipinski definition) is 0. The van der Waals surface area contributed by atoms with Crippen LogP contribution in [0.2, 0.25) is 0 Å². The Morgan fingerprint density at radius 2 is 2.50 bits per heavy atom. The fraction of sp³-hybridized carbons (Fsp3) is 0.727. The van der Waals surface area contributed by atoms with Crippen molar-refractivity contribution in [3.05, 3.63) is 0 Å². The summed E-state index contributed by atoms with van der Waals surface area (Å²) >= 11 is 0. The van der Waals surface area contributed by atoms with Gasteiger partial charge in [-0.05, 0) is 26.3 Å². The van der Waals surface area contributed by atoms with E-state index in [4.69, 9.17) is 11.2 Å². The fourth-order valence-electron chi connectivity index (χ4n) is 1.78. The van der Waals surface area contributed by atoms with Crippen LogP contribution in [-0.2, 0) is 9.53 Å². The zero-order valence-electron chi connectivity index (χ0n) is 8.66. The molecule has 1 aliphatic rings. The van der Waals surface area contributed by atoms with Crippen molar-refractivity contribution < 1.29 is 9.53 Å². The van der Waals surface area contributed by atoms with Gasteiger partial charge in [0.2, 0.25) is 0 Å². The average molecular weight is 195 g/mol. The second-order valence-electron chi connectivity index (χ2n) is 3.53. The number of esters is 1. The van der Waals surface area contributed by atoms with Gasteiger partial charge in [0.1, 0.15) is 0 Å². The van der Waals surface area contributed by atoms with Crippen LogP contribution in [0.3, 0.4) is 0 Å². The van der Waals surface area contributed by atoms with E-state index in [1.807, 2.05) is 6.92 Å². The number of carbonyl (C=O) groups excluding carboxylic acids is 1. The first-order valence-electron chi connectivity index (χ1n) is 5.10. The molecule has 1 fully saturated rings. The van der Waals surface area contributed by atoms with Gasteiger partial charge < -0.3 is 4.74 Å². The number of likely N-dealkylation sites (tertiary alicyclic amines) is 1. The summed E-state index contributed by atoms with van der Waals surface area (Å²) in [5.74, 6) is 2.55. The largest absolute Gasteiger partial charge is 0.466 e. The minimum atomic E-state index is -0.0748. The predicted molar refractivity (Wildman–Crippen MR) is 54.6 cm³/mol. The molecule has 1 aliphatic heterocycles. The van der Waals surface area contributed by atoms with Crippen molar-refractivity contribution in [3.63, 3.8) is 0 Å². The molecule has 0 amide bonds. The minimum Gasteiger partial charge on any atom is -0.466 e. The van der Waals surface area contributed by atoms with Crippen molar-refractivity contribution in [2.75, 3.05) is 26.2 Å². The number of carbonyl (C=O) groups is 1. The number of ether oxygens (including phenoxy) is 1. The number of terminal acetylenes is 1. The normalized spacial score (nSPS) is 22.7. The van der Waals surface area contributed by atoms with Crippen molar-refractivity contribution in [3.8, 4) is 12.3 Å². The maximum atomic E-state index is 11.4. The third-order valence-corrected chi connectivity index (χ3v) is 2.44. The summed E-state index contributed by atoms with van der Waals surface area (Å²) in [6.07, 6.45) is 7.20. The Balaban J connectivity index is 2.40. The van der Waals surface area contributed by atoms with E-state index in [9.17, 15) is 4.79 Å². The van der Waals surface area contributed by atoms with E-state index in [1.165, 1.54) is 0 Å². The molecular formula is C11H17NO2. The highest BCUT2D eigenvalue weighted by atomic mass is 16.5. The van der Waals surface area contributed by atoms with Crippen LogP contribution in [-0.4, -0.2) is 37.1 Å². The lowest BCUT2D eigenvalue weighted by Crippen LogP contribution is -2.39. The van der Waals surface area contributed by atoms with Gasteiger partial charge in [-0.3, -0.25) is 9.69 Å². The fourth-order valence-corrected chi connectivity index (χ4v) is 1.78. The van der Waals surface area contributed by atoms with Crippen LogP contribution in [0.5, 0.6) is 0 Å². The highest BCUT2D eigenvalue weighted by Gasteiger charge is 2.25. The summed E-state index contributed by atoms with van der Waals surface area (Å²) in [7, 11) is 0. The first kappa shape index (κ1) is 11.1. The van der Waals surface area contributed by atoms with Crippen LogP contribution < -0.4 is 0 Å². The number of piperidine rings is 1. The summed E-state index contributed by atoms with van der Waals surface area (Å²) in [5, 5.41) is 0. The lowest BCUT2D eigenvalue weighted by Gasteiger charge is -2.29. The summed E-state index contributed by atoms with van der Waals surface area (Å²) < 4.78 is 4.99. The standard InChI is InChI=1S/C11H17NO2/c1-3-7-12-8-5-6-10(9-12)11(13)14-4-2/h1,10H,4-9H2,2H3/t10-/m0/s1. The van der Waals surface area contributed by atoms with E-state index >= 15 is 0 Å². The summed E-state index contributed by atoms with van der Waals surface area (Å²) in [5.41, 5.74) is 0. The molecule has 1 atom stereocenters. The summed E-state index contributed by atoms with van der Waals surface area (Å²) in [4.78, 5) is 13.6. The zero-order chi connectivity index (χ0) is 10.4. The number of nitrogens with zero attached hydrogens (tertiary/aromatic N) is 1. The predicted octanol–water partition coefficient (Wildman–Crippen LogP) is 0.895. The average Bonchev–Trinajstić information content (AvgIpc) is 2.19. The van der Waals surface area contributed by atoms with Crippen molar-refractivity contribution in [2.24, 2.45) is 5.92 Å². The molecule has 0 spiro atoms. The molecule has 0 radical (unpaired) electrons. The molecule has 0 saturated carbocycles. The first-order valence-corrected chi connectivity index (χ1v) is 5.10. The Hall–Kier alpha value is -1.01. The monoisotopic (exact) mass is 195 g/mol. The van der Waals surface area contributed by atoms with Crippen LogP contribution in [0, 0.1) is 18.3 Å². The second-order valence-corrected chi connectivity index (χ2v) is 3.53. The number of rotatable bonds is 3. The molecule has 0 aliphatic carbocycles. The van der Waals surface area contributed by atoms with Crippen molar-refractivity contribution >= 4 is 5.97 Å². The molecule has 3 heteroatoms. The van der Waals surface area contributed by atoms with Gasteiger partial charge in [0, 0.05) is 6.54 Å². The molecule has 0 bridgehead atoms. The maximum absolute atomic E-state index is 11.4. The SMILES string of the molecule is C#CCN1CCC[C@H](C(=O)OCC)C1. The van der Waals surface area contributed by atoms with Gasteiger partial charge in [-0.15, -0.1) is 6.42 Å². The molecular weight excluding hydrogens is 178 g/mol. The van der Waals surface area contributed by atoms with E-state index in [0.29, 0.717) is 13.2 Å². The Bertz CT molecular complexity index is 232. The topological polar surface area (TPSA) is 29.5 Å². The molecule has 0 aromatic heterocycles. The Morgan fingerprint density at radius 3 is 3.14 bits per heavy atom. The van der Waals surface area contributed by atoms with Crippen molar-refractivity contribution in [1.82, 2.24) is 4.90 Å². The third kappa shape index (κ3) is 3.04. The lowest BCUT2D eigenvalue weighted by atomic mass is 9.98. The Labute approximate surface area is 85.4 Å². The molecule has 0 aromatic carbocycles. The van der Waals surface area contributed by atoms with Crippen molar-refractivity contribution in [2.45, 2.75) is 19.8 Å². The van der Waals surface area contributed by atoms with Crippen LogP contribution in [0.4, 0.5) is 0 Å². The number of hydrogen-bond acceptors (Lipinski definition) is 3. The highest BCUT2D eigenvalue weighted by molar-refractivity contribution is 5.72. The van der Waals surface area contributed by atoms with E-state index in [1.54, 1.807) is 0 Å². The van der Waals surface area contributed by atoms with E-state index in [-0.39, 0.29) is 11.9 Å². The van der Waals surface area contributed by atoms with E-state index < -0.39 is 0 Å². The molecule has 0 unspecified atom stereocenters. The van der Waals surface area contributed by atoms with Crippen molar-refractivity contribution in [1.29, 1.82) is 0 Å². The van der Waals surface area contributed by atoms with Crippen LogP contribution in [0.25, 0.3) is 0 Å². The van der Waals surface area contributed by atoms with Gasteiger partial charge in [-0.25, -0.2) is 0 Å². The molecule has 1 heterocycles. The van der Waals surface area contributed by atoms with Gasteiger partial charge in [0.15, 0.2) is 0 Å².